The summed E-state index contributed by atoms with van der Waals surface area (Å²) in [5.41, 5.74) is 2.18. The van der Waals surface area contributed by atoms with E-state index in [1.54, 1.807) is 30.3 Å². The maximum atomic E-state index is 6.16. The normalized spacial score (nSPS) is 11.2. The molecule has 0 saturated carbocycles. The number of aromatic amines is 1. The minimum atomic E-state index is 0.495. The Balaban J connectivity index is 2.23. The number of nitrogens with one attached hydrogen (secondary N) is 1. The average Bonchev–Trinajstić information content (AvgIpc) is 2.72. The summed E-state index contributed by atoms with van der Waals surface area (Å²) >= 11 is 24.1. The lowest BCUT2D eigenvalue weighted by Crippen LogP contribution is -1.81. The summed E-state index contributed by atoms with van der Waals surface area (Å²) in [5, 5.41) is 2.14. The third kappa shape index (κ3) is 2.41. The van der Waals surface area contributed by atoms with Crippen molar-refractivity contribution in [1.29, 1.82) is 0 Å². The van der Waals surface area contributed by atoms with Gasteiger partial charge in [-0.05, 0) is 30.3 Å². The topological polar surface area (TPSA) is 28.7 Å². The molecule has 0 spiro atoms. The van der Waals surface area contributed by atoms with E-state index in [0.29, 0.717) is 31.4 Å². The zero-order valence-corrected chi connectivity index (χ0v) is 12.4. The van der Waals surface area contributed by atoms with Crippen LogP contribution in [0.2, 0.25) is 20.1 Å². The number of imidazole rings is 1. The smallest absolute Gasteiger partial charge is 0.140 e. The van der Waals surface area contributed by atoms with Crippen molar-refractivity contribution in [2.24, 2.45) is 0 Å². The number of nitrogens with zero attached hydrogens (tertiary/aromatic N) is 1. The van der Waals surface area contributed by atoms with Crippen LogP contribution in [0.15, 0.2) is 30.3 Å². The molecule has 2 aromatic carbocycles. The molecular weight excluding hydrogens is 326 g/mol. The standard InChI is InChI=1S/C13H6Cl4N2/c14-6-1-2-8(9(16)3-6)13-18-11-5-7(15)4-10(17)12(11)19-13/h1-5H,(H,18,19). The van der Waals surface area contributed by atoms with Crippen LogP contribution in [0, 0.1) is 0 Å². The van der Waals surface area contributed by atoms with Crippen LogP contribution in [0.1, 0.15) is 0 Å². The first kappa shape index (κ1) is 13.1. The third-order valence-electron chi connectivity index (χ3n) is 2.69. The predicted molar refractivity (Wildman–Crippen MR) is 81.6 cm³/mol. The average molecular weight is 332 g/mol. The molecule has 0 bridgehead atoms. The maximum absolute atomic E-state index is 6.16. The third-order valence-corrected chi connectivity index (χ3v) is 3.75. The van der Waals surface area contributed by atoms with E-state index >= 15 is 0 Å². The molecule has 0 unspecified atom stereocenters. The first-order chi connectivity index (χ1) is 9.04. The number of benzene rings is 2. The van der Waals surface area contributed by atoms with Gasteiger partial charge < -0.3 is 4.98 Å². The second-order valence-electron chi connectivity index (χ2n) is 3.99. The number of H-pyrrole nitrogens is 1. The minimum absolute atomic E-state index is 0.495. The molecule has 19 heavy (non-hydrogen) atoms. The highest BCUT2D eigenvalue weighted by atomic mass is 35.5. The quantitative estimate of drug-likeness (QED) is 0.595. The lowest BCUT2D eigenvalue weighted by atomic mass is 10.2. The van der Waals surface area contributed by atoms with Crippen LogP contribution >= 0.6 is 46.4 Å². The molecule has 2 nitrogen and oxygen atoms in total. The SMILES string of the molecule is Clc1ccc(-c2nc3c(Cl)cc(Cl)cc3[nH]2)c(Cl)c1. The van der Waals surface area contributed by atoms with E-state index in [2.05, 4.69) is 9.97 Å². The Labute approximate surface area is 129 Å². The van der Waals surface area contributed by atoms with Gasteiger partial charge in [0, 0.05) is 15.6 Å². The zero-order valence-electron chi connectivity index (χ0n) is 9.35. The van der Waals surface area contributed by atoms with Gasteiger partial charge in [-0.25, -0.2) is 4.98 Å². The largest absolute Gasteiger partial charge is 0.338 e. The lowest BCUT2D eigenvalue weighted by Gasteiger charge is -2.00. The van der Waals surface area contributed by atoms with Gasteiger partial charge in [-0.15, -0.1) is 0 Å². The molecular formula is C13H6Cl4N2. The first-order valence-corrected chi connectivity index (χ1v) is 6.86. The van der Waals surface area contributed by atoms with Gasteiger partial charge >= 0.3 is 0 Å². The molecule has 3 aromatic rings. The van der Waals surface area contributed by atoms with Gasteiger partial charge in [0.1, 0.15) is 11.3 Å². The van der Waals surface area contributed by atoms with Crippen molar-refractivity contribution in [2.75, 3.05) is 0 Å². The molecule has 1 N–H and O–H groups in total. The summed E-state index contributed by atoms with van der Waals surface area (Å²) in [6.07, 6.45) is 0. The van der Waals surface area contributed by atoms with Crippen LogP contribution in [0.5, 0.6) is 0 Å². The highest BCUT2D eigenvalue weighted by Crippen LogP contribution is 2.32. The van der Waals surface area contributed by atoms with Crippen molar-refractivity contribution in [1.82, 2.24) is 9.97 Å². The second-order valence-corrected chi connectivity index (χ2v) is 5.68. The van der Waals surface area contributed by atoms with Gasteiger partial charge in [0.2, 0.25) is 0 Å². The maximum Gasteiger partial charge on any atom is 0.140 e. The van der Waals surface area contributed by atoms with E-state index in [9.17, 15) is 0 Å². The van der Waals surface area contributed by atoms with Crippen molar-refractivity contribution in [3.05, 3.63) is 50.4 Å². The predicted octanol–water partition coefficient (Wildman–Crippen LogP) is 5.84. The van der Waals surface area contributed by atoms with E-state index in [1.165, 1.54) is 0 Å². The van der Waals surface area contributed by atoms with Gasteiger partial charge in [0.15, 0.2) is 0 Å². The van der Waals surface area contributed by atoms with Crippen LogP contribution in [0.25, 0.3) is 22.4 Å². The van der Waals surface area contributed by atoms with Crippen LogP contribution in [0.4, 0.5) is 0 Å². The first-order valence-electron chi connectivity index (χ1n) is 5.35. The fraction of sp³-hybridized carbons (Fsp3) is 0. The van der Waals surface area contributed by atoms with Gasteiger partial charge in [-0.3, -0.25) is 0 Å². The summed E-state index contributed by atoms with van der Waals surface area (Å²) in [6.45, 7) is 0. The number of fused-ring (bicyclic) bond motifs is 1. The van der Waals surface area contributed by atoms with E-state index < -0.39 is 0 Å². The molecule has 1 heterocycles. The zero-order chi connectivity index (χ0) is 13.6. The van der Waals surface area contributed by atoms with Crippen LogP contribution in [0.3, 0.4) is 0 Å². The molecule has 1 aromatic heterocycles. The molecule has 96 valence electrons. The van der Waals surface area contributed by atoms with Crippen molar-refractivity contribution in [2.45, 2.75) is 0 Å². The van der Waals surface area contributed by atoms with Crippen LogP contribution in [-0.4, -0.2) is 9.97 Å². The van der Waals surface area contributed by atoms with Crippen LogP contribution < -0.4 is 0 Å². The Morgan fingerprint density at radius 2 is 1.58 bits per heavy atom. The van der Waals surface area contributed by atoms with Crippen molar-refractivity contribution >= 4 is 57.4 Å². The molecule has 0 aliphatic heterocycles. The van der Waals surface area contributed by atoms with E-state index in [1.807, 2.05) is 0 Å². The fourth-order valence-electron chi connectivity index (χ4n) is 1.85. The number of rotatable bonds is 1. The van der Waals surface area contributed by atoms with Gasteiger partial charge in [0.05, 0.1) is 15.6 Å². The van der Waals surface area contributed by atoms with E-state index in [0.717, 1.165) is 11.1 Å². The summed E-state index contributed by atoms with van der Waals surface area (Å²) in [7, 11) is 0. The molecule has 0 atom stereocenters. The Morgan fingerprint density at radius 3 is 2.32 bits per heavy atom. The highest BCUT2D eigenvalue weighted by molar-refractivity contribution is 6.38. The number of halogens is 4. The highest BCUT2D eigenvalue weighted by Gasteiger charge is 2.12. The number of aromatic nitrogens is 2. The molecule has 0 aliphatic rings. The van der Waals surface area contributed by atoms with Crippen molar-refractivity contribution in [3.63, 3.8) is 0 Å². The molecule has 3 rings (SSSR count). The van der Waals surface area contributed by atoms with Crippen molar-refractivity contribution < 1.29 is 0 Å². The van der Waals surface area contributed by atoms with Crippen LogP contribution in [-0.2, 0) is 0 Å². The van der Waals surface area contributed by atoms with Gasteiger partial charge in [-0.1, -0.05) is 46.4 Å². The monoisotopic (exact) mass is 330 g/mol. The molecule has 0 aliphatic carbocycles. The summed E-state index contributed by atoms with van der Waals surface area (Å²) in [6, 6.07) is 8.64. The molecule has 0 radical (unpaired) electrons. The lowest BCUT2D eigenvalue weighted by molar-refractivity contribution is 1.34. The van der Waals surface area contributed by atoms with Gasteiger partial charge in [0.25, 0.3) is 0 Å². The number of hydrogen-bond acceptors (Lipinski definition) is 1. The second kappa shape index (κ2) is 4.88. The Bertz CT molecular complexity index is 780. The Hall–Kier alpha value is -0.930. The molecule has 6 heteroatoms. The van der Waals surface area contributed by atoms with E-state index in [-0.39, 0.29) is 0 Å². The number of hydrogen-bond donors (Lipinski definition) is 1. The summed E-state index contributed by atoms with van der Waals surface area (Å²) < 4.78 is 0. The van der Waals surface area contributed by atoms with E-state index in [4.69, 9.17) is 46.4 Å². The van der Waals surface area contributed by atoms with Gasteiger partial charge in [-0.2, -0.15) is 0 Å². The minimum Gasteiger partial charge on any atom is -0.338 e. The fourth-order valence-corrected chi connectivity index (χ4v) is 2.88. The summed E-state index contributed by atoms with van der Waals surface area (Å²) in [5.74, 6) is 0.626. The Kier molecular flexibility index (Phi) is 3.35. The molecule has 0 amide bonds. The molecule has 0 saturated heterocycles. The van der Waals surface area contributed by atoms with Crippen molar-refractivity contribution in [3.8, 4) is 11.4 Å². The Morgan fingerprint density at radius 1 is 0.842 bits per heavy atom. The molecule has 0 fully saturated rings. The summed E-state index contributed by atoms with van der Waals surface area (Å²) in [4.78, 5) is 7.59.